The summed E-state index contributed by atoms with van der Waals surface area (Å²) in [6.07, 6.45) is 7.95. The maximum absolute atomic E-state index is 13.0. The van der Waals surface area contributed by atoms with Gasteiger partial charge < -0.3 is 19.0 Å². The molecule has 8 atom stereocenters. The summed E-state index contributed by atoms with van der Waals surface area (Å²) >= 11 is 0. The largest absolute Gasteiger partial charge is 0.462 e. The lowest BCUT2D eigenvalue weighted by Gasteiger charge is -2.58. The summed E-state index contributed by atoms with van der Waals surface area (Å²) in [4.78, 5) is 43.1. The van der Waals surface area contributed by atoms with Crippen LogP contribution in [0.3, 0.4) is 0 Å². The van der Waals surface area contributed by atoms with Crippen LogP contribution in [0.15, 0.2) is 21.9 Å². The van der Waals surface area contributed by atoms with Crippen LogP contribution in [-0.2, 0) is 28.6 Å². The van der Waals surface area contributed by atoms with Gasteiger partial charge in [0.05, 0.1) is 24.8 Å². The number of hydrazone groups is 1. The highest BCUT2D eigenvalue weighted by molar-refractivity contribution is 6.38. The summed E-state index contributed by atoms with van der Waals surface area (Å²) in [6.45, 7) is 12.0. The molecule has 5 rings (SSSR count). The Morgan fingerprint density at radius 1 is 1.10 bits per heavy atom. The molecule has 0 radical (unpaired) electrons. The van der Waals surface area contributed by atoms with Crippen LogP contribution < -0.4 is 5.43 Å². The lowest BCUT2D eigenvalue weighted by molar-refractivity contribution is -0.149. The van der Waals surface area contributed by atoms with Gasteiger partial charge in [0.2, 0.25) is 0 Å². The molecule has 5 aliphatic rings. The van der Waals surface area contributed by atoms with Crippen molar-refractivity contribution < 1.29 is 33.4 Å². The van der Waals surface area contributed by atoms with E-state index in [0.717, 1.165) is 44.9 Å². The van der Waals surface area contributed by atoms with E-state index >= 15 is 0 Å². The number of hydrogen-bond donors (Lipinski definition) is 1. The van der Waals surface area contributed by atoms with Crippen molar-refractivity contribution in [2.45, 2.75) is 98.2 Å². The molecule has 1 N–H and O–H groups in total. The molecule has 0 bridgehead atoms. The molecule has 5 unspecified atom stereocenters. The summed E-state index contributed by atoms with van der Waals surface area (Å²) in [5.74, 6) is 0.139. The number of fused-ring (bicyclic) bond motifs is 7. The Morgan fingerprint density at radius 2 is 1.85 bits per heavy atom. The molecule has 3 saturated carbocycles. The van der Waals surface area contributed by atoms with Gasteiger partial charge in [-0.2, -0.15) is 5.10 Å². The third-order valence-corrected chi connectivity index (χ3v) is 10.8. The van der Waals surface area contributed by atoms with Crippen LogP contribution in [0.25, 0.3) is 0 Å². The Kier molecular flexibility index (Phi) is 7.50. The Hall–Kier alpha value is -2.91. The van der Waals surface area contributed by atoms with Crippen molar-refractivity contribution in [1.82, 2.24) is 5.43 Å². The van der Waals surface area contributed by atoms with E-state index < -0.39 is 17.7 Å². The van der Waals surface area contributed by atoms with E-state index in [9.17, 15) is 14.4 Å². The van der Waals surface area contributed by atoms with Crippen LogP contribution in [0.4, 0.5) is 4.79 Å². The molecule has 1 heterocycles. The fraction of sp³-hybridized carbons (Fsp3) is 0.767. The van der Waals surface area contributed by atoms with E-state index in [1.165, 1.54) is 12.5 Å². The number of nitrogens with zero attached hydrogens (tertiary/aromatic N) is 2. The molecule has 0 saturated heterocycles. The molecule has 10 heteroatoms. The SMILES string of the molecule is CCOC(=O)NN=C(C)[C@@]12ON=C(C(=O)OCC)C1CC1C3CC=C4CC(OC(C)=O)CC[C@]4(C)C3CC[C@@]12C. The first-order valence-electron chi connectivity index (χ1n) is 14.8. The van der Waals surface area contributed by atoms with E-state index in [1.54, 1.807) is 13.8 Å². The summed E-state index contributed by atoms with van der Waals surface area (Å²) < 4.78 is 16.0. The van der Waals surface area contributed by atoms with Gasteiger partial charge in [0.1, 0.15) is 6.10 Å². The average molecular weight is 558 g/mol. The van der Waals surface area contributed by atoms with Crippen molar-refractivity contribution in [2.75, 3.05) is 13.2 Å². The molecule has 10 nitrogen and oxygen atoms in total. The van der Waals surface area contributed by atoms with Gasteiger partial charge in [-0.15, -0.1) is 0 Å². The molecular weight excluding hydrogens is 514 g/mol. The zero-order valence-corrected chi connectivity index (χ0v) is 24.6. The molecule has 0 aromatic rings. The lowest BCUT2D eigenvalue weighted by atomic mass is 9.46. The third kappa shape index (κ3) is 4.24. The van der Waals surface area contributed by atoms with Gasteiger partial charge in [-0.3, -0.25) is 4.79 Å². The quantitative estimate of drug-likeness (QED) is 0.162. The van der Waals surface area contributed by atoms with Gasteiger partial charge in [-0.25, -0.2) is 15.0 Å². The highest BCUT2D eigenvalue weighted by Crippen LogP contribution is 2.70. The standard InChI is InChI=1S/C30H43N3O7/c1-7-37-26(35)25-24-16-23-21-10-9-19-15-20(39-18(4)34)11-13-28(19,5)22(21)12-14-29(23,6)30(24,40-33-25)17(3)31-32-27(36)38-8-2/h9,20-24H,7-8,10-16H2,1-6H3,(H,32,36)/t20?,21?,22?,23?,24?,28-,29-,30+/m0/s1. The number of hydrogen-bond acceptors (Lipinski definition) is 9. The Labute approximate surface area is 236 Å². The van der Waals surface area contributed by atoms with E-state index in [1.807, 2.05) is 6.92 Å². The van der Waals surface area contributed by atoms with E-state index in [-0.39, 0.29) is 48.0 Å². The van der Waals surface area contributed by atoms with Crippen molar-refractivity contribution in [3.8, 4) is 0 Å². The number of carbonyl (C=O) groups excluding carboxylic acids is 3. The molecular formula is C30H43N3O7. The van der Waals surface area contributed by atoms with Gasteiger partial charge in [-0.05, 0) is 82.5 Å². The number of esters is 2. The summed E-state index contributed by atoms with van der Waals surface area (Å²) in [5.41, 5.74) is 3.53. The lowest BCUT2D eigenvalue weighted by Crippen LogP contribution is -2.59. The van der Waals surface area contributed by atoms with Gasteiger partial charge in [0, 0.05) is 18.8 Å². The fourth-order valence-corrected chi connectivity index (χ4v) is 9.15. The number of allylic oxidation sites excluding steroid dienone is 1. The maximum atomic E-state index is 13.0. The minimum Gasteiger partial charge on any atom is -0.462 e. The Bertz CT molecular complexity index is 1160. The van der Waals surface area contributed by atoms with Crippen molar-refractivity contribution >= 4 is 29.5 Å². The van der Waals surface area contributed by atoms with Crippen molar-refractivity contribution in [3.05, 3.63) is 11.6 Å². The summed E-state index contributed by atoms with van der Waals surface area (Å²) in [5, 5.41) is 8.75. The van der Waals surface area contributed by atoms with Gasteiger partial charge in [-0.1, -0.05) is 30.7 Å². The van der Waals surface area contributed by atoms with Crippen LogP contribution >= 0.6 is 0 Å². The Balaban J connectivity index is 1.49. The molecule has 1 aliphatic heterocycles. The molecule has 0 aromatic carbocycles. The molecule has 0 aromatic heterocycles. The molecule has 220 valence electrons. The molecule has 1 amide bonds. The molecule has 0 spiro atoms. The first kappa shape index (κ1) is 28.6. The number of amides is 1. The van der Waals surface area contributed by atoms with Crippen LogP contribution in [0, 0.1) is 34.5 Å². The number of carbonyl (C=O) groups is 3. The van der Waals surface area contributed by atoms with Crippen LogP contribution in [0.1, 0.15) is 86.5 Å². The zero-order chi connectivity index (χ0) is 28.9. The average Bonchev–Trinajstić information content (AvgIpc) is 3.41. The smallest absolute Gasteiger partial charge is 0.427 e. The predicted molar refractivity (Wildman–Crippen MR) is 147 cm³/mol. The van der Waals surface area contributed by atoms with Gasteiger partial charge in [0.25, 0.3) is 0 Å². The second kappa shape index (κ2) is 10.5. The summed E-state index contributed by atoms with van der Waals surface area (Å²) in [6, 6.07) is 0. The predicted octanol–water partition coefficient (Wildman–Crippen LogP) is 4.92. The molecule has 40 heavy (non-hydrogen) atoms. The number of nitrogens with one attached hydrogen (secondary N) is 1. The Morgan fingerprint density at radius 3 is 2.55 bits per heavy atom. The minimum absolute atomic E-state index is 0.0427. The van der Waals surface area contributed by atoms with Crippen molar-refractivity contribution in [1.29, 1.82) is 0 Å². The van der Waals surface area contributed by atoms with Crippen molar-refractivity contribution in [3.63, 3.8) is 0 Å². The first-order chi connectivity index (χ1) is 19.0. The second-order valence-electron chi connectivity index (χ2n) is 12.5. The fourth-order valence-electron chi connectivity index (χ4n) is 9.15. The van der Waals surface area contributed by atoms with Gasteiger partial charge in [0.15, 0.2) is 11.3 Å². The van der Waals surface area contributed by atoms with Crippen LogP contribution in [-0.4, -0.2) is 54.4 Å². The zero-order valence-electron chi connectivity index (χ0n) is 24.6. The number of rotatable bonds is 6. The van der Waals surface area contributed by atoms with Gasteiger partial charge >= 0.3 is 18.0 Å². The maximum Gasteiger partial charge on any atom is 0.427 e. The topological polar surface area (TPSA) is 125 Å². The van der Waals surface area contributed by atoms with Crippen LogP contribution in [0.2, 0.25) is 0 Å². The monoisotopic (exact) mass is 557 g/mol. The minimum atomic E-state index is -0.970. The number of ether oxygens (including phenoxy) is 3. The third-order valence-electron chi connectivity index (χ3n) is 10.8. The summed E-state index contributed by atoms with van der Waals surface area (Å²) in [7, 11) is 0. The number of oxime groups is 1. The molecule has 4 aliphatic carbocycles. The first-order valence-corrected chi connectivity index (χ1v) is 14.8. The normalized spacial score (nSPS) is 39.8. The van der Waals surface area contributed by atoms with Crippen molar-refractivity contribution in [2.24, 2.45) is 44.8 Å². The highest BCUT2D eigenvalue weighted by Gasteiger charge is 2.74. The second-order valence-corrected chi connectivity index (χ2v) is 12.5. The van der Waals surface area contributed by atoms with E-state index in [4.69, 9.17) is 19.0 Å². The van der Waals surface area contributed by atoms with Crippen LogP contribution in [0.5, 0.6) is 0 Å². The van der Waals surface area contributed by atoms with E-state index in [0.29, 0.717) is 23.3 Å². The molecule has 3 fully saturated rings. The highest BCUT2D eigenvalue weighted by atomic mass is 16.7. The van der Waals surface area contributed by atoms with E-state index in [2.05, 4.69) is 35.6 Å².